The maximum atomic E-state index is 8.25. The first-order valence-corrected chi connectivity index (χ1v) is 13.4. The fourth-order valence-electron chi connectivity index (χ4n) is 2.82. The van der Waals surface area contributed by atoms with Gasteiger partial charge in [0.1, 0.15) is 22.8 Å². The van der Waals surface area contributed by atoms with E-state index >= 15 is 0 Å². The molecule has 0 spiro atoms. The number of hydrogen-bond acceptors (Lipinski definition) is 17. The predicted octanol–water partition coefficient (Wildman–Crippen LogP) is 4.45. The molecule has 17 nitrogen and oxygen atoms in total. The molecule has 0 radical (unpaired) electrons. The van der Waals surface area contributed by atoms with Crippen molar-refractivity contribution in [2.75, 3.05) is 7.11 Å². The van der Waals surface area contributed by atoms with Gasteiger partial charge in [-0.1, -0.05) is 46.9 Å². The monoisotopic (exact) mass is 850 g/mol. The van der Waals surface area contributed by atoms with E-state index in [1.54, 1.807) is 24.8 Å². The second-order valence-corrected chi connectivity index (χ2v) is 9.09. The summed E-state index contributed by atoms with van der Waals surface area (Å²) < 4.78 is 0. The summed E-state index contributed by atoms with van der Waals surface area (Å²) in [6.07, 6.45) is 6.99. The summed E-state index contributed by atoms with van der Waals surface area (Å²) in [5.41, 5.74) is 3.36. The molecule has 0 saturated carbocycles. The van der Waals surface area contributed by atoms with Crippen molar-refractivity contribution in [1.29, 1.82) is 0 Å². The average Bonchev–Trinajstić information content (AvgIpc) is 3.75. The van der Waals surface area contributed by atoms with Gasteiger partial charge in [0.05, 0.1) is 10.2 Å². The standard InChI is InChI=1S/2C12H8N4S.CH4O.2Ag.2NO3/c2*1-3-7-13-9(5-1)11-15-16-12(17-11)10-6-2-4-8-14-10;1-2;;;2*2-1(3)4/h2*1-8H;2H,1H3;;;;/q;;;2*+1;2*-1. The summed E-state index contributed by atoms with van der Waals surface area (Å²) >= 11 is 2.98. The molecule has 6 aromatic heterocycles. The van der Waals surface area contributed by atoms with Crippen LogP contribution in [0.25, 0.3) is 42.8 Å². The third-order valence-corrected chi connectivity index (χ3v) is 6.32. The van der Waals surface area contributed by atoms with Crippen LogP contribution in [0.5, 0.6) is 0 Å². The number of pyridine rings is 4. The third kappa shape index (κ3) is 15.5. The van der Waals surface area contributed by atoms with E-state index < -0.39 is 10.2 Å². The molecular weight excluding hydrogens is 832 g/mol. The first kappa shape index (κ1) is 41.6. The molecule has 0 aromatic carbocycles. The van der Waals surface area contributed by atoms with E-state index in [1.807, 2.05) is 72.8 Å². The molecule has 46 heavy (non-hydrogen) atoms. The Balaban J connectivity index is 0.000000664. The quantitative estimate of drug-likeness (QED) is 0.146. The molecule has 246 valence electrons. The minimum atomic E-state index is -1.75. The molecule has 6 rings (SSSR count). The van der Waals surface area contributed by atoms with Gasteiger partial charge in [0.25, 0.3) is 0 Å². The maximum absolute atomic E-state index is 8.25. The van der Waals surface area contributed by atoms with Gasteiger partial charge in [-0.25, -0.2) is 0 Å². The Hall–Kier alpha value is -4.44. The number of aliphatic hydroxyl groups excluding tert-OH is 1. The largest absolute Gasteiger partial charge is 1.00 e. The molecule has 21 heteroatoms. The van der Waals surface area contributed by atoms with Crippen molar-refractivity contribution in [2.45, 2.75) is 0 Å². The number of hydrogen-bond donors (Lipinski definition) is 1. The van der Waals surface area contributed by atoms with Crippen LogP contribution in [-0.2, 0) is 44.8 Å². The van der Waals surface area contributed by atoms with Crippen LogP contribution in [0, 0.1) is 30.6 Å². The molecule has 0 atom stereocenters. The zero-order valence-electron chi connectivity index (χ0n) is 23.0. The van der Waals surface area contributed by atoms with Crippen LogP contribution < -0.4 is 0 Å². The Morgan fingerprint density at radius 2 is 0.674 bits per heavy atom. The topological polar surface area (TPSA) is 256 Å². The number of aliphatic hydroxyl groups is 1. The van der Waals surface area contributed by atoms with E-state index in [9.17, 15) is 0 Å². The van der Waals surface area contributed by atoms with Gasteiger partial charge in [0.15, 0.2) is 20.0 Å². The predicted molar refractivity (Wildman–Crippen MR) is 162 cm³/mol. The fraction of sp³-hybridized carbons (Fsp3) is 0.0400. The maximum Gasteiger partial charge on any atom is 1.00 e. The van der Waals surface area contributed by atoms with Crippen molar-refractivity contribution in [2.24, 2.45) is 0 Å². The fourth-order valence-corrected chi connectivity index (χ4v) is 4.41. The van der Waals surface area contributed by atoms with Crippen LogP contribution in [0.1, 0.15) is 0 Å². The first-order chi connectivity index (χ1) is 21.3. The Morgan fingerprint density at radius 1 is 0.478 bits per heavy atom. The molecule has 0 bridgehead atoms. The Morgan fingerprint density at radius 3 is 0.826 bits per heavy atom. The molecule has 1 N–H and O–H groups in total. The van der Waals surface area contributed by atoms with Gasteiger partial charge in [-0.3, -0.25) is 19.9 Å². The van der Waals surface area contributed by atoms with E-state index in [4.69, 9.17) is 35.7 Å². The van der Waals surface area contributed by atoms with Crippen LogP contribution in [0.3, 0.4) is 0 Å². The van der Waals surface area contributed by atoms with Crippen molar-refractivity contribution >= 4 is 22.7 Å². The van der Waals surface area contributed by atoms with Gasteiger partial charge >= 0.3 is 44.8 Å². The van der Waals surface area contributed by atoms with Gasteiger partial charge < -0.3 is 35.7 Å². The van der Waals surface area contributed by atoms with E-state index in [0.717, 1.165) is 49.9 Å². The van der Waals surface area contributed by atoms with Crippen LogP contribution in [0.15, 0.2) is 97.6 Å². The van der Waals surface area contributed by atoms with Crippen LogP contribution >= 0.6 is 22.7 Å². The second-order valence-electron chi connectivity index (χ2n) is 7.13. The Labute approximate surface area is 299 Å². The minimum Gasteiger partial charge on any atom is -0.400 e. The molecule has 6 aromatic rings. The van der Waals surface area contributed by atoms with Gasteiger partial charge in [0, 0.05) is 31.9 Å². The molecule has 0 aliphatic rings. The zero-order chi connectivity index (χ0) is 32.2. The summed E-state index contributed by atoms with van der Waals surface area (Å²) in [6, 6.07) is 22.9. The molecule has 0 unspecified atom stereocenters. The first-order valence-electron chi connectivity index (χ1n) is 11.7. The van der Waals surface area contributed by atoms with Crippen molar-refractivity contribution in [1.82, 2.24) is 40.3 Å². The van der Waals surface area contributed by atoms with E-state index in [1.165, 1.54) is 22.7 Å². The summed E-state index contributed by atoms with van der Waals surface area (Å²) in [4.78, 5) is 33.5. The van der Waals surface area contributed by atoms with Gasteiger partial charge in [0.2, 0.25) is 0 Å². The SMILES string of the molecule is CO.O=[N+]([O-])[O-].O=[N+]([O-])[O-].[Ag+].[Ag+].c1ccc(-c2nnc(-c3ccccn3)s2)nc1.c1ccc(-c2nnc(-c3ccccn3)s2)nc1. The molecule has 0 aliphatic heterocycles. The van der Waals surface area contributed by atoms with E-state index in [-0.39, 0.29) is 44.8 Å². The van der Waals surface area contributed by atoms with E-state index in [0.29, 0.717) is 0 Å². The molecule has 0 aliphatic carbocycles. The molecule has 6 heterocycles. The van der Waals surface area contributed by atoms with E-state index in [2.05, 4.69) is 40.3 Å². The number of aromatic nitrogens is 8. The average molecular weight is 852 g/mol. The summed E-state index contributed by atoms with van der Waals surface area (Å²) in [5, 5.41) is 56.3. The van der Waals surface area contributed by atoms with Crippen molar-refractivity contribution in [3.63, 3.8) is 0 Å². The van der Waals surface area contributed by atoms with Crippen molar-refractivity contribution in [3.8, 4) is 42.8 Å². The van der Waals surface area contributed by atoms with Crippen LogP contribution in [0.2, 0.25) is 0 Å². The zero-order valence-corrected chi connectivity index (χ0v) is 27.6. The van der Waals surface area contributed by atoms with Crippen LogP contribution in [0.4, 0.5) is 0 Å². The smallest absolute Gasteiger partial charge is 0.400 e. The Kier molecular flexibility index (Phi) is 21.6. The number of rotatable bonds is 4. The Bertz CT molecular complexity index is 1440. The number of nitrogens with zero attached hydrogens (tertiary/aromatic N) is 10. The molecule has 0 fully saturated rings. The van der Waals surface area contributed by atoms with Crippen molar-refractivity contribution in [3.05, 3.63) is 128 Å². The van der Waals surface area contributed by atoms with Gasteiger partial charge in [-0.05, 0) is 48.5 Å². The minimum absolute atomic E-state index is 0. The summed E-state index contributed by atoms with van der Waals surface area (Å²) in [5.74, 6) is 0. The van der Waals surface area contributed by atoms with Gasteiger partial charge in [-0.15, -0.1) is 20.4 Å². The van der Waals surface area contributed by atoms with Crippen molar-refractivity contribution < 1.29 is 60.0 Å². The van der Waals surface area contributed by atoms with Crippen LogP contribution in [-0.4, -0.2) is 62.7 Å². The third-order valence-electron chi connectivity index (χ3n) is 4.39. The summed E-state index contributed by atoms with van der Waals surface area (Å²) in [7, 11) is 1.00. The summed E-state index contributed by atoms with van der Waals surface area (Å²) in [6.45, 7) is 0. The molecule has 0 saturated heterocycles. The molecular formula is C25H20Ag2N10O7S2. The second kappa shape index (κ2) is 23.9. The molecule has 0 amide bonds. The normalized spacial score (nSPS) is 8.83. The van der Waals surface area contributed by atoms with Gasteiger partial charge in [-0.2, -0.15) is 0 Å².